The molecule has 0 saturated carbocycles. The summed E-state index contributed by atoms with van der Waals surface area (Å²) in [4.78, 5) is 0. The van der Waals surface area contributed by atoms with E-state index in [0.717, 1.165) is 5.56 Å². The molecule has 1 N–H and O–H groups in total. The van der Waals surface area contributed by atoms with Crippen molar-refractivity contribution in [3.63, 3.8) is 0 Å². The molecular formula is C12H18O2. The lowest BCUT2D eigenvalue weighted by Crippen LogP contribution is -2.33. The van der Waals surface area contributed by atoms with Gasteiger partial charge in [-0.1, -0.05) is 30.3 Å². The minimum atomic E-state index is -1.07. The van der Waals surface area contributed by atoms with Crippen LogP contribution < -0.4 is 0 Å². The van der Waals surface area contributed by atoms with Gasteiger partial charge in [0.1, 0.15) is 0 Å². The third-order valence-electron chi connectivity index (χ3n) is 1.86. The van der Waals surface area contributed by atoms with Gasteiger partial charge in [0.05, 0.1) is 6.10 Å². The van der Waals surface area contributed by atoms with Crippen LogP contribution in [0, 0.1) is 0 Å². The summed E-state index contributed by atoms with van der Waals surface area (Å²) in [7, 11) is 0. The molecule has 1 atom stereocenters. The molecule has 0 amide bonds. The predicted molar refractivity (Wildman–Crippen MR) is 57.0 cm³/mol. The smallest absolute Gasteiger partial charge is 0.166 e. The van der Waals surface area contributed by atoms with Gasteiger partial charge in [-0.25, -0.2) is 0 Å². The monoisotopic (exact) mass is 194 g/mol. The van der Waals surface area contributed by atoms with Gasteiger partial charge in [-0.2, -0.15) is 0 Å². The Morgan fingerprint density at radius 1 is 1.29 bits per heavy atom. The average molecular weight is 194 g/mol. The highest BCUT2D eigenvalue weighted by Gasteiger charge is 2.22. The van der Waals surface area contributed by atoms with Gasteiger partial charge < -0.3 is 9.84 Å². The molecule has 0 aromatic heterocycles. The van der Waals surface area contributed by atoms with Crippen LogP contribution in [-0.4, -0.2) is 17.0 Å². The van der Waals surface area contributed by atoms with Crippen LogP contribution >= 0.6 is 0 Å². The zero-order valence-electron chi connectivity index (χ0n) is 9.03. The van der Waals surface area contributed by atoms with Crippen molar-refractivity contribution in [3.8, 4) is 0 Å². The van der Waals surface area contributed by atoms with Crippen LogP contribution in [0.1, 0.15) is 26.3 Å². The first-order valence-corrected chi connectivity index (χ1v) is 4.94. The zero-order valence-corrected chi connectivity index (χ0v) is 9.03. The molecule has 0 heterocycles. The number of ether oxygens (including phenoxy) is 1. The van der Waals surface area contributed by atoms with E-state index in [9.17, 15) is 5.11 Å². The fraction of sp³-hybridized carbons (Fsp3) is 0.500. The summed E-state index contributed by atoms with van der Waals surface area (Å²) in [5, 5.41) is 9.92. The van der Waals surface area contributed by atoms with E-state index < -0.39 is 5.79 Å². The zero-order chi connectivity index (χ0) is 10.6. The summed E-state index contributed by atoms with van der Waals surface area (Å²) in [5.41, 5.74) is 1.08. The first kappa shape index (κ1) is 11.2. The molecule has 0 aliphatic carbocycles. The van der Waals surface area contributed by atoms with E-state index in [1.54, 1.807) is 6.92 Å². The predicted octanol–water partition coefficient (Wildman–Crippen LogP) is 2.36. The van der Waals surface area contributed by atoms with Crippen molar-refractivity contribution in [2.75, 3.05) is 0 Å². The lowest BCUT2D eigenvalue weighted by Gasteiger charge is -2.26. The highest BCUT2D eigenvalue weighted by molar-refractivity contribution is 5.15. The van der Waals surface area contributed by atoms with E-state index in [1.165, 1.54) is 0 Å². The van der Waals surface area contributed by atoms with Gasteiger partial charge in [-0.15, -0.1) is 0 Å². The van der Waals surface area contributed by atoms with Gasteiger partial charge in [0.2, 0.25) is 0 Å². The van der Waals surface area contributed by atoms with Crippen LogP contribution in [0.15, 0.2) is 30.3 Å². The van der Waals surface area contributed by atoms with E-state index in [0.29, 0.717) is 6.42 Å². The van der Waals surface area contributed by atoms with E-state index in [-0.39, 0.29) is 6.10 Å². The normalized spacial score (nSPS) is 15.5. The van der Waals surface area contributed by atoms with Crippen molar-refractivity contribution in [1.82, 2.24) is 0 Å². The average Bonchev–Trinajstić information content (AvgIpc) is 2.02. The highest BCUT2D eigenvalue weighted by atomic mass is 16.6. The van der Waals surface area contributed by atoms with Gasteiger partial charge in [-0.05, 0) is 26.3 Å². The number of hydrogen-bond donors (Lipinski definition) is 1. The van der Waals surface area contributed by atoms with E-state index in [1.807, 2.05) is 44.2 Å². The van der Waals surface area contributed by atoms with Crippen LogP contribution in [-0.2, 0) is 11.2 Å². The molecule has 0 fully saturated rings. The molecule has 2 nitrogen and oxygen atoms in total. The fourth-order valence-electron chi connectivity index (χ4n) is 1.52. The Morgan fingerprint density at radius 2 is 1.86 bits per heavy atom. The molecule has 0 aliphatic rings. The molecule has 0 aliphatic heterocycles. The third-order valence-corrected chi connectivity index (χ3v) is 1.86. The summed E-state index contributed by atoms with van der Waals surface area (Å²) in [5.74, 6) is -1.07. The summed E-state index contributed by atoms with van der Waals surface area (Å²) in [6.07, 6.45) is 0.556. The van der Waals surface area contributed by atoms with E-state index in [4.69, 9.17) is 4.74 Å². The molecule has 78 valence electrons. The Balaban J connectivity index is 2.59. The lowest BCUT2D eigenvalue weighted by molar-refractivity contribution is -0.209. The van der Waals surface area contributed by atoms with Crippen molar-refractivity contribution in [3.05, 3.63) is 35.9 Å². The van der Waals surface area contributed by atoms with Crippen molar-refractivity contribution in [2.24, 2.45) is 0 Å². The highest BCUT2D eigenvalue weighted by Crippen LogP contribution is 2.16. The quantitative estimate of drug-likeness (QED) is 0.746. The van der Waals surface area contributed by atoms with Crippen molar-refractivity contribution >= 4 is 0 Å². The Hall–Kier alpha value is -0.860. The lowest BCUT2D eigenvalue weighted by atomic mass is 10.1. The topological polar surface area (TPSA) is 29.5 Å². The summed E-state index contributed by atoms with van der Waals surface area (Å²) in [6.45, 7) is 5.53. The van der Waals surface area contributed by atoms with Crippen LogP contribution in [0.3, 0.4) is 0 Å². The summed E-state index contributed by atoms with van der Waals surface area (Å²) >= 11 is 0. The number of benzene rings is 1. The Labute approximate surface area is 85.5 Å². The molecule has 1 rings (SSSR count). The number of rotatable bonds is 4. The summed E-state index contributed by atoms with van der Waals surface area (Å²) in [6, 6.07) is 9.85. The van der Waals surface area contributed by atoms with Crippen LogP contribution in [0.4, 0.5) is 0 Å². The minimum absolute atomic E-state index is 0.0358. The molecule has 1 aromatic carbocycles. The van der Waals surface area contributed by atoms with Crippen molar-refractivity contribution in [2.45, 2.75) is 39.1 Å². The van der Waals surface area contributed by atoms with Crippen LogP contribution in [0.25, 0.3) is 0 Å². The molecule has 0 radical (unpaired) electrons. The van der Waals surface area contributed by atoms with Gasteiger partial charge in [0.25, 0.3) is 0 Å². The molecule has 2 heteroatoms. The second-order valence-electron chi connectivity index (χ2n) is 4.00. The largest absolute Gasteiger partial charge is 0.365 e. The maximum absolute atomic E-state index is 9.92. The first-order valence-electron chi connectivity index (χ1n) is 4.94. The van der Waals surface area contributed by atoms with Crippen molar-refractivity contribution in [1.29, 1.82) is 0 Å². The molecule has 14 heavy (non-hydrogen) atoms. The maximum Gasteiger partial charge on any atom is 0.166 e. The second kappa shape index (κ2) is 4.58. The SMILES string of the molecule is CC(C)OC(C)(O)Cc1ccccc1. The van der Waals surface area contributed by atoms with Crippen LogP contribution in [0.2, 0.25) is 0 Å². The Kier molecular flexibility index (Phi) is 3.67. The Morgan fingerprint density at radius 3 is 2.36 bits per heavy atom. The number of hydrogen-bond acceptors (Lipinski definition) is 2. The molecule has 0 bridgehead atoms. The maximum atomic E-state index is 9.92. The minimum Gasteiger partial charge on any atom is -0.365 e. The van der Waals surface area contributed by atoms with Gasteiger partial charge in [0.15, 0.2) is 5.79 Å². The molecular weight excluding hydrogens is 176 g/mol. The molecule has 0 spiro atoms. The van der Waals surface area contributed by atoms with Gasteiger partial charge in [-0.3, -0.25) is 0 Å². The third kappa shape index (κ3) is 3.90. The summed E-state index contributed by atoms with van der Waals surface area (Å²) < 4.78 is 5.40. The van der Waals surface area contributed by atoms with E-state index in [2.05, 4.69) is 0 Å². The van der Waals surface area contributed by atoms with Crippen LogP contribution in [0.5, 0.6) is 0 Å². The van der Waals surface area contributed by atoms with Crippen molar-refractivity contribution < 1.29 is 9.84 Å². The Bertz CT molecular complexity index is 265. The number of aliphatic hydroxyl groups is 1. The van der Waals surface area contributed by atoms with Gasteiger partial charge in [0, 0.05) is 6.42 Å². The van der Waals surface area contributed by atoms with Gasteiger partial charge >= 0.3 is 0 Å². The molecule has 1 aromatic rings. The molecule has 0 saturated heterocycles. The second-order valence-corrected chi connectivity index (χ2v) is 4.00. The standard InChI is InChI=1S/C12H18O2/c1-10(2)14-12(3,13)9-11-7-5-4-6-8-11/h4-8,10,13H,9H2,1-3H3. The molecule has 1 unspecified atom stereocenters. The first-order chi connectivity index (χ1) is 6.49. The fourth-order valence-corrected chi connectivity index (χ4v) is 1.52. The van der Waals surface area contributed by atoms with E-state index >= 15 is 0 Å².